The molecule has 1 amide bonds. The summed E-state index contributed by atoms with van der Waals surface area (Å²) in [4.78, 5) is 27.2. The lowest BCUT2D eigenvalue weighted by atomic mass is 10.2. The van der Waals surface area contributed by atoms with Crippen molar-refractivity contribution in [1.82, 2.24) is 0 Å². The van der Waals surface area contributed by atoms with Gasteiger partial charge in [0.25, 0.3) is 0 Å². The molecule has 7 heteroatoms. The summed E-state index contributed by atoms with van der Waals surface area (Å²) in [5.41, 5.74) is 0.879. The highest BCUT2D eigenvalue weighted by Gasteiger charge is 2.09. The molecule has 3 aromatic carbocycles. The van der Waals surface area contributed by atoms with E-state index in [9.17, 15) is 9.59 Å². The fraction of sp³-hybridized carbons (Fsp3) is 0.120. The first kappa shape index (κ1) is 23.5. The van der Waals surface area contributed by atoms with Crippen LogP contribution in [0.2, 0.25) is 0 Å². The molecule has 0 saturated heterocycles. The molecule has 0 aliphatic heterocycles. The van der Waals surface area contributed by atoms with E-state index in [-0.39, 0.29) is 12.2 Å². The predicted octanol–water partition coefficient (Wildman–Crippen LogP) is 6.96. The highest BCUT2D eigenvalue weighted by molar-refractivity contribution is 8.00. The number of hydrogen-bond donors (Lipinski definition) is 2. The molecule has 0 heterocycles. The van der Waals surface area contributed by atoms with Gasteiger partial charge < -0.3 is 9.84 Å². The average molecular weight is 466 g/mol. The number of ether oxygens (including phenoxy) is 1. The molecular formula is C25H23NO4S2. The van der Waals surface area contributed by atoms with Gasteiger partial charge in [0.1, 0.15) is 0 Å². The predicted molar refractivity (Wildman–Crippen MR) is 129 cm³/mol. The van der Waals surface area contributed by atoms with Crippen molar-refractivity contribution in [3.05, 3.63) is 90.5 Å². The molecule has 0 aromatic heterocycles. The summed E-state index contributed by atoms with van der Waals surface area (Å²) in [6.07, 6.45) is 1.29. The fourth-order valence-corrected chi connectivity index (χ4v) is 4.61. The summed E-state index contributed by atoms with van der Waals surface area (Å²) in [5.74, 6) is -0.980. The van der Waals surface area contributed by atoms with E-state index in [4.69, 9.17) is 9.84 Å². The first-order valence-corrected chi connectivity index (χ1v) is 11.6. The number of nitrogens with one attached hydrogen (secondary N) is 1. The van der Waals surface area contributed by atoms with Crippen LogP contribution in [0, 0.1) is 0 Å². The molecule has 0 aliphatic rings. The minimum atomic E-state index is -0.980. The van der Waals surface area contributed by atoms with E-state index in [2.05, 4.69) is 29.6 Å². The van der Waals surface area contributed by atoms with E-state index in [1.165, 1.54) is 17.9 Å². The van der Waals surface area contributed by atoms with Crippen LogP contribution in [0.15, 0.2) is 110 Å². The molecule has 3 aromatic rings. The summed E-state index contributed by atoms with van der Waals surface area (Å²) in [6, 6.07) is 26.0. The van der Waals surface area contributed by atoms with Crippen LogP contribution in [0.1, 0.15) is 13.3 Å². The number of hydrogen-bond acceptors (Lipinski definition) is 5. The molecule has 3 rings (SSSR count). The third-order valence-corrected chi connectivity index (χ3v) is 6.34. The van der Waals surface area contributed by atoms with Crippen molar-refractivity contribution in [2.24, 2.45) is 0 Å². The Morgan fingerprint density at radius 1 is 0.906 bits per heavy atom. The molecule has 0 fully saturated rings. The molecular weight excluding hydrogens is 442 g/mol. The Kier molecular flexibility index (Phi) is 8.83. The van der Waals surface area contributed by atoms with Gasteiger partial charge in [0.15, 0.2) is 0 Å². The highest BCUT2D eigenvalue weighted by atomic mass is 32.2. The fourth-order valence-electron chi connectivity index (χ4n) is 2.67. The van der Waals surface area contributed by atoms with Crippen molar-refractivity contribution in [3.8, 4) is 0 Å². The van der Waals surface area contributed by atoms with Gasteiger partial charge in [-0.25, -0.2) is 9.59 Å². The van der Waals surface area contributed by atoms with Crippen LogP contribution in [-0.2, 0) is 9.53 Å². The van der Waals surface area contributed by atoms with Gasteiger partial charge >= 0.3 is 12.1 Å². The Morgan fingerprint density at radius 2 is 1.56 bits per heavy atom. The maximum atomic E-state index is 12.2. The zero-order valence-corrected chi connectivity index (χ0v) is 19.1. The van der Waals surface area contributed by atoms with Gasteiger partial charge in [-0.15, -0.1) is 0 Å². The van der Waals surface area contributed by atoms with Crippen LogP contribution in [0.3, 0.4) is 0 Å². The van der Waals surface area contributed by atoms with Crippen LogP contribution in [0.25, 0.3) is 0 Å². The van der Waals surface area contributed by atoms with Crippen LogP contribution < -0.4 is 5.32 Å². The summed E-state index contributed by atoms with van der Waals surface area (Å²) in [7, 11) is 0. The second kappa shape index (κ2) is 12.0. The molecule has 0 bridgehead atoms. The average Bonchev–Trinajstić information content (AvgIpc) is 2.79. The lowest BCUT2D eigenvalue weighted by Crippen LogP contribution is -2.14. The van der Waals surface area contributed by atoms with Crippen molar-refractivity contribution in [2.45, 2.75) is 32.9 Å². The lowest BCUT2D eigenvalue weighted by molar-refractivity contribution is -0.132. The third kappa shape index (κ3) is 7.51. The van der Waals surface area contributed by atoms with Crippen molar-refractivity contribution in [3.63, 3.8) is 0 Å². The molecule has 32 heavy (non-hydrogen) atoms. The van der Waals surface area contributed by atoms with Crippen molar-refractivity contribution in [1.29, 1.82) is 0 Å². The second-order valence-electron chi connectivity index (χ2n) is 6.73. The number of benzene rings is 3. The Hall–Kier alpha value is -3.16. The van der Waals surface area contributed by atoms with Gasteiger partial charge in [0.2, 0.25) is 0 Å². The second-order valence-corrected chi connectivity index (χ2v) is 8.99. The first-order valence-electron chi connectivity index (χ1n) is 9.95. The Labute approximate surface area is 195 Å². The SMILES string of the molecule is C/C(=C\CCOC(=O)Nc1ccccc1Sc1cccc(Sc2ccccc2)c1)C(=O)O. The van der Waals surface area contributed by atoms with Gasteiger partial charge in [0.05, 0.1) is 12.3 Å². The zero-order chi connectivity index (χ0) is 22.8. The Morgan fingerprint density at radius 3 is 2.31 bits per heavy atom. The van der Waals surface area contributed by atoms with Crippen molar-refractivity contribution >= 4 is 41.3 Å². The standard InChI is InChI=1S/C25H23NO4S2/c1-18(24(27)28)9-8-16-30-25(29)26-22-14-5-6-15-23(22)32-21-13-7-12-20(17-21)31-19-10-3-2-4-11-19/h2-7,9-15,17H,8,16H2,1H3,(H,26,29)(H,27,28)/b18-9+. The monoisotopic (exact) mass is 465 g/mol. The topological polar surface area (TPSA) is 75.6 Å². The van der Waals surface area contributed by atoms with Gasteiger partial charge in [-0.2, -0.15) is 0 Å². The van der Waals surface area contributed by atoms with Crippen molar-refractivity contribution < 1.29 is 19.4 Å². The van der Waals surface area contributed by atoms with E-state index in [1.54, 1.807) is 23.5 Å². The number of rotatable bonds is 9. The molecule has 2 N–H and O–H groups in total. The van der Waals surface area contributed by atoms with Crippen molar-refractivity contribution in [2.75, 3.05) is 11.9 Å². The number of amides is 1. The normalized spacial score (nSPS) is 11.1. The summed E-state index contributed by atoms with van der Waals surface area (Å²) >= 11 is 3.26. The molecule has 0 radical (unpaired) electrons. The number of carbonyl (C=O) groups is 2. The number of aliphatic carboxylic acids is 1. The maximum Gasteiger partial charge on any atom is 0.411 e. The van der Waals surface area contributed by atoms with E-state index in [1.807, 2.05) is 54.6 Å². The maximum absolute atomic E-state index is 12.2. The van der Waals surface area contributed by atoms with Crippen LogP contribution in [0.4, 0.5) is 10.5 Å². The highest BCUT2D eigenvalue weighted by Crippen LogP contribution is 2.36. The van der Waals surface area contributed by atoms with Gasteiger partial charge in [-0.05, 0) is 49.4 Å². The Balaban J connectivity index is 1.60. The van der Waals surface area contributed by atoms with Gasteiger partial charge in [-0.1, -0.05) is 66.0 Å². The van der Waals surface area contributed by atoms with E-state index >= 15 is 0 Å². The van der Waals surface area contributed by atoms with Crippen LogP contribution in [-0.4, -0.2) is 23.8 Å². The van der Waals surface area contributed by atoms with Gasteiger partial charge in [0, 0.05) is 31.6 Å². The largest absolute Gasteiger partial charge is 0.478 e. The third-order valence-electron chi connectivity index (χ3n) is 4.27. The van der Waals surface area contributed by atoms with E-state index in [0.717, 1.165) is 14.7 Å². The number of carboxylic acid groups (broad SMARTS) is 1. The molecule has 0 unspecified atom stereocenters. The van der Waals surface area contributed by atoms with Crippen LogP contribution in [0.5, 0.6) is 0 Å². The zero-order valence-electron chi connectivity index (χ0n) is 17.5. The van der Waals surface area contributed by atoms with E-state index in [0.29, 0.717) is 12.1 Å². The first-order chi connectivity index (χ1) is 15.5. The van der Waals surface area contributed by atoms with Gasteiger partial charge in [-0.3, -0.25) is 5.32 Å². The summed E-state index contributed by atoms with van der Waals surface area (Å²) < 4.78 is 5.17. The molecule has 0 saturated carbocycles. The van der Waals surface area contributed by atoms with E-state index < -0.39 is 12.1 Å². The Bertz CT molecular complexity index is 1100. The summed E-state index contributed by atoms with van der Waals surface area (Å²) in [5, 5.41) is 11.6. The molecule has 0 aliphatic carbocycles. The minimum absolute atomic E-state index is 0.102. The number of carbonyl (C=O) groups excluding carboxylic acids is 1. The summed E-state index contributed by atoms with van der Waals surface area (Å²) in [6.45, 7) is 1.60. The molecule has 0 spiro atoms. The number of para-hydroxylation sites is 1. The van der Waals surface area contributed by atoms with Crippen LogP contribution >= 0.6 is 23.5 Å². The minimum Gasteiger partial charge on any atom is -0.478 e. The number of carboxylic acids is 1. The molecule has 0 atom stereocenters. The smallest absolute Gasteiger partial charge is 0.411 e. The quantitative estimate of drug-likeness (QED) is 0.263. The number of anilines is 1. The molecule has 164 valence electrons. The molecule has 5 nitrogen and oxygen atoms in total. The lowest BCUT2D eigenvalue weighted by Gasteiger charge is -2.11.